The molecule has 136 valence electrons. The van der Waals surface area contributed by atoms with Gasteiger partial charge in [-0.3, -0.25) is 4.99 Å². The van der Waals surface area contributed by atoms with Gasteiger partial charge in [0, 0.05) is 31.6 Å². The van der Waals surface area contributed by atoms with Crippen molar-refractivity contribution < 1.29 is 9.84 Å². The van der Waals surface area contributed by atoms with Gasteiger partial charge in [0.2, 0.25) is 0 Å². The van der Waals surface area contributed by atoms with E-state index in [0.29, 0.717) is 6.10 Å². The fourth-order valence-corrected chi connectivity index (χ4v) is 3.71. The standard InChI is InChI=1S/C21H30N2O2/c1-21(2,24)18-8-6-17(7-9-18)20-15-23(13-12-22-20)14-16-4-10-19(25-3)11-5-16/h6-9,12,15-16,19,24H,4-5,10-11,13-14H2,1-3H3. The molecule has 0 saturated heterocycles. The maximum Gasteiger partial charge on any atom is 0.0857 e. The van der Waals surface area contributed by atoms with Gasteiger partial charge < -0.3 is 14.7 Å². The molecule has 1 aliphatic heterocycles. The average molecular weight is 342 g/mol. The third kappa shape index (κ3) is 4.71. The van der Waals surface area contributed by atoms with Crippen molar-refractivity contribution in [1.29, 1.82) is 0 Å². The summed E-state index contributed by atoms with van der Waals surface area (Å²) >= 11 is 0. The topological polar surface area (TPSA) is 45.1 Å². The number of aliphatic imine (C=N–C) groups is 1. The lowest BCUT2D eigenvalue weighted by atomic mass is 9.87. The highest BCUT2D eigenvalue weighted by Gasteiger charge is 2.23. The molecule has 2 aliphatic rings. The van der Waals surface area contributed by atoms with Gasteiger partial charge >= 0.3 is 0 Å². The first-order valence-electron chi connectivity index (χ1n) is 9.30. The first-order chi connectivity index (χ1) is 12.0. The number of rotatable bonds is 5. The summed E-state index contributed by atoms with van der Waals surface area (Å²) in [5.74, 6) is 0.743. The summed E-state index contributed by atoms with van der Waals surface area (Å²) in [6.45, 7) is 5.59. The highest BCUT2D eigenvalue weighted by Crippen LogP contribution is 2.28. The Bertz CT molecular complexity index is 620. The lowest BCUT2D eigenvalue weighted by molar-refractivity contribution is 0.0531. The van der Waals surface area contributed by atoms with Gasteiger partial charge in [0.1, 0.15) is 0 Å². The van der Waals surface area contributed by atoms with E-state index in [0.717, 1.165) is 35.8 Å². The average Bonchev–Trinajstić information content (AvgIpc) is 2.62. The highest BCUT2D eigenvalue weighted by atomic mass is 16.5. The van der Waals surface area contributed by atoms with E-state index in [1.807, 2.05) is 37.6 Å². The van der Waals surface area contributed by atoms with E-state index in [4.69, 9.17) is 4.74 Å². The molecule has 3 rings (SSSR count). The van der Waals surface area contributed by atoms with E-state index in [1.54, 1.807) is 13.8 Å². The summed E-state index contributed by atoms with van der Waals surface area (Å²) < 4.78 is 5.47. The van der Waals surface area contributed by atoms with Crippen molar-refractivity contribution in [2.24, 2.45) is 10.9 Å². The first kappa shape index (κ1) is 18.2. The van der Waals surface area contributed by atoms with Gasteiger partial charge in [-0.1, -0.05) is 24.3 Å². The van der Waals surface area contributed by atoms with E-state index in [9.17, 15) is 5.11 Å². The molecule has 1 aromatic carbocycles. The normalized spacial score (nSPS) is 24.3. The minimum Gasteiger partial charge on any atom is -0.386 e. The molecule has 0 radical (unpaired) electrons. The Kier molecular flexibility index (Phi) is 5.60. The van der Waals surface area contributed by atoms with Crippen LogP contribution in [0.2, 0.25) is 0 Å². The van der Waals surface area contributed by atoms with Crippen LogP contribution in [0.5, 0.6) is 0 Å². The number of hydrogen-bond donors (Lipinski definition) is 1. The number of methoxy groups -OCH3 is 1. The third-order valence-corrected chi connectivity index (χ3v) is 5.36. The van der Waals surface area contributed by atoms with E-state index in [2.05, 4.69) is 16.1 Å². The minimum atomic E-state index is -0.810. The SMILES string of the molecule is COC1CCC(CN2C=C(c3ccc(C(C)(C)O)cc3)N=CC2)CC1. The largest absolute Gasteiger partial charge is 0.386 e. The monoisotopic (exact) mass is 342 g/mol. The van der Waals surface area contributed by atoms with Gasteiger partial charge in [0.25, 0.3) is 0 Å². The smallest absolute Gasteiger partial charge is 0.0857 e. The van der Waals surface area contributed by atoms with E-state index >= 15 is 0 Å². The second-order valence-electron chi connectivity index (χ2n) is 7.79. The summed E-state index contributed by atoms with van der Waals surface area (Å²) in [4.78, 5) is 6.95. The van der Waals surface area contributed by atoms with Gasteiger partial charge in [0.05, 0.1) is 23.9 Å². The molecule has 25 heavy (non-hydrogen) atoms. The molecule has 0 bridgehead atoms. The van der Waals surface area contributed by atoms with Gasteiger partial charge in [0.15, 0.2) is 0 Å². The van der Waals surface area contributed by atoms with Crippen LogP contribution in [-0.2, 0) is 10.3 Å². The predicted octanol–water partition coefficient (Wildman–Crippen LogP) is 3.80. The van der Waals surface area contributed by atoms with Crippen molar-refractivity contribution in [3.05, 3.63) is 41.6 Å². The summed E-state index contributed by atoms with van der Waals surface area (Å²) in [7, 11) is 1.82. The van der Waals surface area contributed by atoms with E-state index in [1.165, 1.54) is 25.7 Å². The molecule has 0 amide bonds. The van der Waals surface area contributed by atoms with Crippen LogP contribution in [-0.4, -0.2) is 42.5 Å². The molecule has 1 aliphatic carbocycles. The van der Waals surface area contributed by atoms with Crippen LogP contribution in [0.15, 0.2) is 35.5 Å². The number of hydrogen-bond acceptors (Lipinski definition) is 4. The zero-order valence-electron chi connectivity index (χ0n) is 15.6. The Hall–Kier alpha value is -1.65. The number of nitrogens with zero attached hydrogens (tertiary/aromatic N) is 2. The second-order valence-corrected chi connectivity index (χ2v) is 7.79. The molecule has 0 unspecified atom stereocenters. The van der Waals surface area contributed by atoms with Crippen molar-refractivity contribution in [2.45, 2.75) is 51.2 Å². The molecule has 0 aromatic heterocycles. The van der Waals surface area contributed by atoms with Gasteiger partial charge in [-0.25, -0.2) is 0 Å². The Balaban J connectivity index is 1.63. The zero-order chi connectivity index (χ0) is 17.9. The fraction of sp³-hybridized carbons (Fsp3) is 0.571. The number of benzene rings is 1. The molecule has 1 saturated carbocycles. The van der Waals surface area contributed by atoms with Crippen LogP contribution in [0.3, 0.4) is 0 Å². The van der Waals surface area contributed by atoms with Crippen LogP contribution < -0.4 is 0 Å². The highest BCUT2D eigenvalue weighted by molar-refractivity contribution is 5.77. The van der Waals surface area contributed by atoms with Crippen LogP contribution in [0.25, 0.3) is 5.70 Å². The lowest BCUT2D eigenvalue weighted by Crippen LogP contribution is -2.32. The summed E-state index contributed by atoms with van der Waals surface area (Å²) in [5, 5.41) is 10.1. The molecular weight excluding hydrogens is 312 g/mol. The maximum atomic E-state index is 10.1. The van der Waals surface area contributed by atoms with Crippen LogP contribution in [0.4, 0.5) is 0 Å². The summed E-state index contributed by atoms with van der Waals surface area (Å²) in [5.41, 5.74) is 2.20. The lowest BCUT2D eigenvalue weighted by Gasteiger charge is -2.32. The Labute approximate surface area is 151 Å². The number of aliphatic hydroxyl groups is 1. The minimum absolute atomic E-state index is 0.458. The molecule has 0 spiro atoms. The second kappa shape index (κ2) is 7.71. The Morgan fingerprint density at radius 1 is 1.16 bits per heavy atom. The molecule has 4 nitrogen and oxygen atoms in total. The summed E-state index contributed by atoms with van der Waals surface area (Å²) in [6, 6.07) is 8.06. The Morgan fingerprint density at radius 3 is 2.44 bits per heavy atom. The first-order valence-corrected chi connectivity index (χ1v) is 9.30. The fourth-order valence-electron chi connectivity index (χ4n) is 3.71. The Morgan fingerprint density at radius 2 is 1.84 bits per heavy atom. The van der Waals surface area contributed by atoms with Crippen molar-refractivity contribution in [3.63, 3.8) is 0 Å². The molecule has 1 N–H and O–H groups in total. The molecule has 0 atom stereocenters. The van der Waals surface area contributed by atoms with Gasteiger partial charge in [-0.05, 0) is 51.0 Å². The van der Waals surface area contributed by atoms with E-state index < -0.39 is 5.60 Å². The maximum absolute atomic E-state index is 10.1. The molecular formula is C21H30N2O2. The summed E-state index contributed by atoms with van der Waals surface area (Å²) in [6.07, 6.45) is 9.49. The van der Waals surface area contributed by atoms with Crippen molar-refractivity contribution in [1.82, 2.24) is 4.90 Å². The van der Waals surface area contributed by atoms with Gasteiger partial charge in [-0.15, -0.1) is 0 Å². The van der Waals surface area contributed by atoms with Crippen LogP contribution >= 0.6 is 0 Å². The van der Waals surface area contributed by atoms with Crippen molar-refractivity contribution >= 4 is 11.9 Å². The zero-order valence-corrected chi connectivity index (χ0v) is 15.6. The molecule has 4 heteroatoms. The van der Waals surface area contributed by atoms with Gasteiger partial charge in [-0.2, -0.15) is 0 Å². The van der Waals surface area contributed by atoms with E-state index in [-0.39, 0.29) is 0 Å². The van der Waals surface area contributed by atoms with Crippen molar-refractivity contribution in [2.75, 3.05) is 20.2 Å². The molecule has 1 aromatic rings. The van der Waals surface area contributed by atoms with Crippen LogP contribution in [0.1, 0.15) is 50.7 Å². The quantitative estimate of drug-likeness (QED) is 0.885. The predicted molar refractivity (Wildman–Crippen MR) is 102 cm³/mol. The van der Waals surface area contributed by atoms with Crippen molar-refractivity contribution in [3.8, 4) is 0 Å². The molecule has 1 fully saturated rings. The third-order valence-electron chi connectivity index (χ3n) is 5.36. The number of ether oxygens (including phenoxy) is 1. The molecule has 1 heterocycles. The van der Waals surface area contributed by atoms with Crippen LogP contribution in [0, 0.1) is 5.92 Å².